The molecule has 0 bridgehead atoms. The number of hydrogen-bond donors (Lipinski definition) is 0. The largest absolute Gasteiger partial charge is 0.325 e. The van der Waals surface area contributed by atoms with Crippen LogP contribution in [0, 0.1) is 11.8 Å². The minimum absolute atomic E-state index is 0.304. The van der Waals surface area contributed by atoms with Crippen molar-refractivity contribution < 1.29 is 4.79 Å². The van der Waals surface area contributed by atoms with Crippen LogP contribution in [0.25, 0.3) is 0 Å². The number of hydrogen-bond acceptors (Lipinski definition) is 1. The van der Waals surface area contributed by atoms with Crippen LogP contribution in [0.1, 0.15) is 52.4 Å². The summed E-state index contributed by atoms with van der Waals surface area (Å²) < 4.78 is 0. The van der Waals surface area contributed by atoms with Gasteiger partial charge in [-0.05, 0) is 43.9 Å². The van der Waals surface area contributed by atoms with Gasteiger partial charge in [-0.15, -0.1) is 0 Å². The lowest BCUT2D eigenvalue weighted by molar-refractivity contribution is 0.135. The zero-order valence-corrected chi connectivity index (χ0v) is 12.0. The summed E-state index contributed by atoms with van der Waals surface area (Å²) in [4.78, 5) is 16.6. The second-order valence-electron chi connectivity index (χ2n) is 6.14. The third-order valence-corrected chi connectivity index (χ3v) is 4.75. The van der Waals surface area contributed by atoms with Gasteiger partial charge < -0.3 is 9.80 Å². The van der Waals surface area contributed by atoms with Gasteiger partial charge in [-0.1, -0.05) is 20.3 Å². The van der Waals surface area contributed by atoms with Gasteiger partial charge >= 0.3 is 6.03 Å². The molecule has 0 aromatic rings. The van der Waals surface area contributed by atoms with Crippen molar-refractivity contribution in [2.45, 2.75) is 52.4 Å². The number of rotatable bonds is 1. The van der Waals surface area contributed by atoms with Crippen LogP contribution in [0.2, 0.25) is 0 Å². The van der Waals surface area contributed by atoms with Crippen molar-refractivity contribution >= 4 is 6.03 Å². The molecule has 0 radical (unpaired) electrons. The van der Waals surface area contributed by atoms with E-state index in [9.17, 15) is 4.79 Å². The lowest BCUT2D eigenvalue weighted by Gasteiger charge is -2.34. The number of urea groups is 1. The van der Waals surface area contributed by atoms with Crippen molar-refractivity contribution in [1.29, 1.82) is 0 Å². The Bertz CT molecular complexity index is 272. The average molecular weight is 252 g/mol. The SMILES string of the molecule is CCC1CCCN(C(=O)N2CCC(C)CC2)CC1. The minimum atomic E-state index is 0.304. The zero-order chi connectivity index (χ0) is 13.0. The first-order valence-electron chi connectivity index (χ1n) is 7.74. The van der Waals surface area contributed by atoms with Crippen LogP contribution in [0.3, 0.4) is 0 Å². The van der Waals surface area contributed by atoms with Crippen LogP contribution in [0.15, 0.2) is 0 Å². The monoisotopic (exact) mass is 252 g/mol. The van der Waals surface area contributed by atoms with Crippen molar-refractivity contribution in [3.8, 4) is 0 Å². The number of likely N-dealkylation sites (tertiary alicyclic amines) is 2. The molecule has 0 aromatic carbocycles. The van der Waals surface area contributed by atoms with Crippen molar-refractivity contribution in [2.24, 2.45) is 11.8 Å². The summed E-state index contributed by atoms with van der Waals surface area (Å²) in [6.07, 6.45) is 7.32. The molecular formula is C15H28N2O. The maximum Gasteiger partial charge on any atom is 0.319 e. The Hall–Kier alpha value is -0.730. The molecule has 0 N–H and O–H groups in total. The fourth-order valence-electron chi connectivity index (χ4n) is 3.16. The first-order chi connectivity index (χ1) is 8.70. The fourth-order valence-corrected chi connectivity index (χ4v) is 3.16. The number of piperidine rings is 1. The van der Waals surface area contributed by atoms with Gasteiger partial charge in [-0.25, -0.2) is 4.79 Å². The number of carbonyl (C=O) groups is 1. The van der Waals surface area contributed by atoms with Crippen LogP contribution >= 0.6 is 0 Å². The van der Waals surface area contributed by atoms with Gasteiger partial charge in [0.05, 0.1) is 0 Å². The third kappa shape index (κ3) is 3.39. The molecule has 104 valence electrons. The van der Waals surface area contributed by atoms with Crippen molar-refractivity contribution in [3.05, 3.63) is 0 Å². The quantitative estimate of drug-likeness (QED) is 0.702. The second-order valence-corrected chi connectivity index (χ2v) is 6.14. The van der Waals surface area contributed by atoms with Gasteiger partial charge in [0.1, 0.15) is 0 Å². The molecule has 1 unspecified atom stereocenters. The Balaban J connectivity index is 1.85. The van der Waals surface area contributed by atoms with Gasteiger partial charge in [0.25, 0.3) is 0 Å². The number of carbonyl (C=O) groups excluding carboxylic acids is 1. The smallest absolute Gasteiger partial charge is 0.319 e. The Labute approximate surface area is 112 Å². The Morgan fingerprint density at radius 2 is 1.61 bits per heavy atom. The Morgan fingerprint density at radius 1 is 1.00 bits per heavy atom. The van der Waals surface area contributed by atoms with E-state index in [-0.39, 0.29) is 0 Å². The van der Waals surface area contributed by atoms with Crippen molar-refractivity contribution in [2.75, 3.05) is 26.2 Å². The van der Waals surface area contributed by atoms with E-state index in [4.69, 9.17) is 0 Å². The second kappa shape index (κ2) is 6.44. The average Bonchev–Trinajstić information content (AvgIpc) is 2.64. The summed E-state index contributed by atoms with van der Waals surface area (Å²) in [6, 6.07) is 0.304. The van der Waals surface area contributed by atoms with E-state index in [2.05, 4.69) is 23.6 Å². The maximum absolute atomic E-state index is 12.5. The van der Waals surface area contributed by atoms with Crippen molar-refractivity contribution in [1.82, 2.24) is 9.80 Å². The molecule has 2 rings (SSSR count). The topological polar surface area (TPSA) is 23.6 Å². The lowest BCUT2D eigenvalue weighted by Crippen LogP contribution is -2.46. The van der Waals surface area contributed by atoms with Gasteiger partial charge in [0, 0.05) is 26.2 Å². The van der Waals surface area contributed by atoms with E-state index in [1.54, 1.807) is 0 Å². The minimum Gasteiger partial charge on any atom is -0.325 e. The molecule has 0 spiro atoms. The Morgan fingerprint density at radius 3 is 2.28 bits per heavy atom. The molecule has 0 aliphatic carbocycles. The highest BCUT2D eigenvalue weighted by Gasteiger charge is 2.26. The van der Waals surface area contributed by atoms with Crippen LogP contribution in [-0.4, -0.2) is 42.0 Å². The predicted molar refractivity (Wildman–Crippen MR) is 74.6 cm³/mol. The van der Waals surface area contributed by atoms with Gasteiger partial charge in [-0.3, -0.25) is 0 Å². The summed E-state index contributed by atoms with van der Waals surface area (Å²) in [6.45, 7) is 8.44. The van der Waals surface area contributed by atoms with Gasteiger partial charge in [-0.2, -0.15) is 0 Å². The molecule has 2 amide bonds. The summed E-state index contributed by atoms with van der Waals surface area (Å²) in [5, 5.41) is 0. The van der Waals surface area contributed by atoms with E-state index in [0.717, 1.165) is 38.0 Å². The van der Waals surface area contributed by atoms with E-state index < -0.39 is 0 Å². The van der Waals surface area contributed by atoms with Crippen LogP contribution < -0.4 is 0 Å². The molecule has 18 heavy (non-hydrogen) atoms. The first-order valence-corrected chi connectivity index (χ1v) is 7.74. The van der Waals surface area contributed by atoms with Crippen LogP contribution in [0.5, 0.6) is 0 Å². The van der Waals surface area contributed by atoms with E-state index in [1.165, 1.54) is 38.5 Å². The molecule has 2 aliphatic heterocycles. The number of nitrogens with zero attached hydrogens (tertiary/aromatic N) is 2. The summed E-state index contributed by atoms with van der Waals surface area (Å²) >= 11 is 0. The highest BCUT2D eigenvalue weighted by Crippen LogP contribution is 2.22. The molecular weight excluding hydrogens is 224 g/mol. The highest BCUT2D eigenvalue weighted by atomic mass is 16.2. The highest BCUT2D eigenvalue weighted by molar-refractivity contribution is 5.74. The predicted octanol–water partition coefficient (Wildman–Crippen LogP) is 3.35. The van der Waals surface area contributed by atoms with E-state index in [0.29, 0.717) is 6.03 Å². The van der Waals surface area contributed by atoms with Gasteiger partial charge in [0.2, 0.25) is 0 Å². The van der Waals surface area contributed by atoms with Crippen LogP contribution in [-0.2, 0) is 0 Å². The molecule has 2 fully saturated rings. The van der Waals surface area contributed by atoms with Crippen molar-refractivity contribution in [3.63, 3.8) is 0 Å². The molecule has 0 saturated carbocycles. The standard InChI is InChI=1S/C15H28N2O/c1-3-14-5-4-9-16(12-8-14)15(18)17-10-6-13(2)7-11-17/h13-14H,3-12H2,1-2H3. The molecule has 2 saturated heterocycles. The van der Waals surface area contributed by atoms with Gasteiger partial charge in [0.15, 0.2) is 0 Å². The van der Waals surface area contributed by atoms with Crippen LogP contribution in [0.4, 0.5) is 4.79 Å². The summed E-state index contributed by atoms with van der Waals surface area (Å²) in [5.74, 6) is 1.63. The molecule has 3 heteroatoms. The molecule has 0 aromatic heterocycles. The number of amides is 2. The zero-order valence-electron chi connectivity index (χ0n) is 12.0. The first kappa shape index (κ1) is 13.7. The fraction of sp³-hybridized carbons (Fsp3) is 0.933. The molecule has 2 aliphatic rings. The Kier molecular flexibility index (Phi) is 4.90. The maximum atomic E-state index is 12.5. The van der Waals surface area contributed by atoms with E-state index >= 15 is 0 Å². The molecule has 1 atom stereocenters. The van der Waals surface area contributed by atoms with E-state index in [1.807, 2.05) is 0 Å². The third-order valence-electron chi connectivity index (χ3n) is 4.75. The lowest BCUT2D eigenvalue weighted by atomic mass is 9.98. The summed E-state index contributed by atoms with van der Waals surface area (Å²) in [5.41, 5.74) is 0. The molecule has 2 heterocycles. The summed E-state index contributed by atoms with van der Waals surface area (Å²) in [7, 11) is 0. The molecule has 3 nitrogen and oxygen atoms in total. The normalized spacial score (nSPS) is 27.1.